The highest BCUT2D eigenvalue weighted by molar-refractivity contribution is 7.99. The summed E-state index contributed by atoms with van der Waals surface area (Å²) in [5, 5.41) is 9.53. The largest absolute Gasteiger partial charge is 0.483 e. The van der Waals surface area contributed by atoms with Gasteiger partial charge in [0.2, 0.25) is 0 Å². The van der Waals surface area contributed by atoms with Gasteiger partial charge in [-0.05, 0) is 43.3 Å². The minimum absolute atomic E-state index is 0.0354. The van der Waals surface area contributed by atoms with Gasteiger partial charge in [-0.25, -0.2) is 4.39 Å². The Morgan fingerprint density at radius 2 is 1.93 bits per heavy atom. The zero-order valence-electron chi connectivity index (χ0n) is 16.5. The number of hydrogen-bond acceptors (Lipinski definition) is 6. The van der Waals surface area contributed by atoms with Crippen molar-refractivity contribution < 1.29 is 18.7 Å². The van der Waals surface area contributed by atoms with E-state index < -0.39 is 5.82 Å². The van der Waals surface area contributed by atoms with Crippen LogP contribution in [0.1, 0.15) is 29.1 Å². The van der Waals surface area contributed by atoms with E-state index in [2.05, 4.69) is 10.2 Å². The van der Waals surface area contributed by atoms with Crippen LogP contribution >= 0.6 is 23.4 Å². The molecule has 0 bridgehead atoms. The zero-order chi connectivity index (χ0) is 21.5. The molecule has 3 aromatic rings. The number of benzene rings is 2. The molecule has 0 saturated carbocycles. The molecule has 1 aromatic heterocycles. The molecule has 0 spiro atoms. The van der Waals surface area contributed by atoms with Gasteiger partial charge in [-0.3, -0.25) is 9.36 Å². The Balaban J connectivity index is 1.74. The van der Waals surface area contributed by atoms with Crippen molar-refractivity contribution in [3.05, 3.63) is 70.8 Å². The average Bonchev–Trinajstić information content (AvgIpc) is 3.15. The molecule has 2 aromatic carbocycles. The molecular formula is C21H21ClFN3O3S. The van der Waals surface area contributed by atoms with Crippen LogP contribution in [0.4, 0.5) is 4.39 Å². The molecule has 0 unspecified atom stereocenters. The van der Waals surface area contributed by atoms with Crippen molar-refractivity contribution in [2.24, 2.45) is 0 Å². The Kier molecular flexibility index (Phi) is 7.84. The first-order valence-electron chi connectivity index (χ1n) is 9.21. The monoisotopic (exact) mass is 449 g/mol. The quantitative estimate of drug-likeness (QED) is 0.326. The minimum atomic E-state index is -0.448. The summed E-state index contributed by atoms with van der Waals surface area (Å²) >= 11 is 7.15. The molecule has 0 saturated heterocycles. The summed E-state index contributed by atoms with van der Waals surface area (Å²) in [6.07, 6.45) is 0. The van der Waals surface area contributed by atoms with E-state index in [-0.39, 0.29) is 29.9 Å². The van der Waals surface area contributed by atoms with E-state index in [1.165, 1.54) is 17.8 Å². The second kappa shape index (κ2) is 10.6. The molecule has 158 valence electrons. The summed E-state index contributed by atoms with van der Waals surface area (Å²) in [5.74, 6) is 0.349. The SMILES string of the molecule is COC[C@H](C)n1c(COc2ccccc2F)nnc1SCC(=O)c1ccc(Cl)cc1. The molecule has 6 nitrogen and oxygen atoms in total. The number of ether oxygens (including phenoxy) is 2. The summed E-state index contributed by atoms with van der Waals surface area (Å²) < 4.78 is 26.5. The molecule has 1 atom stereocenters. The van der Waals surface area contributed by atoms with Crippen LogP contribution in [0.25, 0.3) is 0 Å². The lowest BCUT2D eigenvalue weighted by molar-refractivity contribution is 0.102. The van der Waals surface area contributed by atoms with Crippen molar-refractivity contribution in [3.63, 3.8) is 0 Å². The Morgan fingerprint density at radius 3 is 2.63 bits per heavy atom. The highest BCUT2D eigenvalue weighted by Crippen LogP contribution is 2.25. The Bertz CT molecular complexity index is 997. The predicted molar refractivity (Wildman–Crippen MR) is 114 cm³/mol. The number of hydrogen-bond donors (Lipinski definition) is 0. The molecule has 9 heteroatoms. The maximum atomic E-state index is 13.8. The topological polar surface area (TPSA) is 66.2 Å². The van der Waals surface area contributed by atoms with Gasteiger partial charge in [-0.1, -0.05) is 35.5 Å². The number of methoxy groups -OCH3 is 1. The fourth-order valence-electron chi connectivity index (χ4n) is 2.82. The number of para-hydroxylation sites is 1. The van der Waals surface area contributed by atoms with Crippen LogP contribution in [0.3, 0.4) is 0 Å². The first-order valence-corrected chi connectivity index (χ1v) is 10.6. The highest BCUT2D eigenvalue weighted by Gasteiger charge is 2.20. The molecule has 0 amide bonds. The molecule has 0 N–H and O–H groups in total. The molecule has 0 radical (unpaired) electrons. The number of halogens is 2. The molecular weight excluding hydrogens is 429 g/mol. The maximum Gasteiger partial charge on any atom is 0.192 e. The standard InChI is InChI=1S/C21H21ClFN3O3S/c1-14(11-28-2)26-20(12-29-19-6-4-3-5-17(19)23)24-25-21(26)30-13-18(27)15-7-9-16(22)10-8-15/h3-10,14H,11-13H2,1-2H3/t14-/m0/s1. The molecule has 1 heterocycles. The van der Waals surface area contributed by atoms with Crippen molar-refractivity contribution in [1.82, 2.24) is 14.8 Å². The minimum Gasteiger partial charge on any atom is -0.483 e. The van der Waals surface area contributed by atoms with Gasteiger partial charge in [0.15, 0.2) is 28.3 Å². The van der Waals surface area contributed by atoms with Gasteiger partial charge in [-0.15, -0.1) is 10.2 Å². The number of rotatable bonds is 10. The van der Waals surface area contributed by atoms with Crippen molar-refractivity contribution >= 4 is 29.1 Å². The Labute approximate surface area is 183 Å². The van der Waals surface area contributed by atoms with Gasteiger partial charge in [0.1, 0.15) is 6.61 Å². The summed E-state index contributed by atoms with van der Waals surface area (Å²) in [6.45, 7) is 2.40. The van der Waals surface area contributed by atoms with E-state index in [0.717, 1.165) is 0 Å². The number of thioether (sulfide) groups is 1. The third-order valence-corrected chi connectivity index (χ3v) is 5.47. The van der Waals surface area contributed by atoms with Crippen LogP contribution in [0, 0.1) is 5.82 Å². The fourth-order valence-corrected chi connectivity index (χ4v) is 3.89. The van der Waals surface area contributed by atoms with E-state index in [9.17, 15) is 9.18 Å². The second-order valence-electron chi connectivity index (χ2n) is 6.51. The molecule has 3 rings (SSSR count). The molecule has 0 aliphatic rings. The number of ketones is 1. The van der Waals surface area contributed by atoms with Crippen molar-refractivity contribution in [2.75, 3.05) is 19.5 Å². The van der Waals surface area contributed by atoms with Crippen molar-refractivity contribution in [3.8, 4) is 5.75 Å². The third-order valence-electron chi connectivity index (χ3n) is 4.28. The van der Waals surface area contributed by atoms with Crippen LogP contribution in [0.2, 0.25) is 5.02 Å². The van der Waals surface area contributed by atoms with Crippen LogP contribution in [0.5, 0.6) is 5.75 Å². The zero-order valence-corrected chi connectivity index (χ0v) is 18.1. The summed E-state index contributed by atoms with van der Waals surface area (Å²) in [6, 6.07) is 12.8. The molecule has 0 fully saturated rings. The number of nitrogens with zero attached hydrogens (tertiary/aromatic N) is 3. The van der Waals surface area contributed by atoms with Crippen molar-refractivity contribution in [1.29, 1.82) is 0 Å². The maximum absolute atomic E-state index is 13.8. The highest BCUT2D eigenvalue weighted by atomic mass is 35.5. The van der Waals surface area contributed by atoms with Gasteiger partial charge in [0.05, 0.1) is 18.4 Å². The van der Waals surface area contributed by atoms with Gasteiger partial charge < -0.3 is 9.47 Å². The van der Waals surface area contributed by atoms with E-state index in [1.807, 2.05) is 11.5 Å². The Morgan fingerprint density at radius 1 is 1.20 bits per heavy atom. The van der Waals surface area contributed by atoms with E-state index in [0.29, 0.717) is 28.2 Å². The van der Waals surface area contributed by atoms with Gasteiger partial charge in [0, 0.05) is 17.7 Å². The third kappa shape index (κ3) is 5.59. The number of carbonyl (C=O) groups is 1. The van der Waals surface area contributed by atoms with Gasteiger partial charge in [0.25, 0.3) is 0 Å². The predicted octanol–water partition coefficient (Wildman–Crippen LogP) is 4.83. The van der Waals surface area contributed by atoms with Crippen LogP contribution in [-0.4, -0.2) is 40.0 Å². The summed E-state index contributed by atoms with van der Waals surface area (Å²) in [4.78, 5) is 12.5. The lowest BCUT2D eigenvalue weighted by Gasteiger charge is -2.17. The lowest BCUT2D eigenvalue weighted by Crippen LogP contribution is -2.17. The average molecular weight is 450 g/mol. The van der Waals surface area contributed by atoms with Gasteiger partial charge in [-0.2, -0.15) is 0 Å². The lowest BCUT2D eigenvalue weighted by atomic mass is 10.1. The van der Waals surface area contributed by atoms with Gasteiger partial charge >= 0.3 is 0 Å². The number of aromatic nitrogens is 3. The number of Topliss-reactive ketones (excluding diaryl/α,β-unsaturated/α-hetero) is 1. The fraction of sp³-hybridized carbons (Fsp3) is 0.286. The van der Waals surface area contributed by atoms with Crippen LogP contribution < -0.4 is 4.74 Å². The van der Waals surface area contributed by atoms with E-state index in [1.54, 1.807) is 49.6 Å². The molecule has 0 aliphatic carbocycles. The normalized spacial score (nSPS) is 12.0. The second-order valence-corrected chi connectivity index (χ2v) is 7.89. The van der Waals surface area contributed by atoms with E-state index in [4.69, 9.17) is 21.1 Å². The van der Waals surface area contributed by atoms with Crippen LogP contribution in [-0.2, 0) is 11.3 Å². The van der Waals surface area contributed by atoms with Crippen LogP contribution in [0.15, 0.2) is 53.7 Å². The Hall–Kier alpha value is -2.42. The summed E-state index contributed by atoms with van der Waals surface area (Å²) in [5.41, 5.74) is 0.575. The summed E-state index contributed by atoms with van der Waals surface area (Å²) in [7, 11) is 1.60. The molecule has 30 heavy (non-hydrogen) atoms. The number of carbonyl (C=O) groups excluding carboxylic acids is 1. The molecule has 0 aliphatic heterocycles. The first-order chi connectivity index (χ1) is 14.5. The van der Waals surface area contributed by atoms with E-state index >= 15 is 0 Å². The first kappa shape index (κ1) is 22.3. The van der Waals surface area contributed by atoms with Crippen molar-refractivity contribution in [2.45, 2.75) is 24.7 Å². The smallest absolute Gasteiger partial charge is 0.192 e.